The fourth-order valence-electron chi connectivity index (χ4n) is 1.34. The van der Waals surface area contributed by atoms with Crippen LogP contribution in [0.5, 0.6) is 0 Å². The van der Waals surface area contributed by atoms with Gasteiger partial charge in [0.25, 0.3) is 5.56 Å². The highest BCUT2D eigenvalue weighted by Crippen LogP contribution is 2.10. The zero-order valence-electron chi connectivity index (χ0n) is 11.1. The van der Waals surface area contributed by atoms with Crippen molar-refractivity contribution in [2.45, 2.75) is 19.1 Å². The number of carbonyl (C=O) groups is 1. The molecule has 0 saturated carbocycles. The van der Waals surface area contributed by atoms with Gasteiger partial charge in [-0.1, -0.05) is 6.92 Å². The fourth-order valence-corrected chi connectivity index (χ4v) is 1.59. The van der Waals surface area contributed by atoms with Gasteiger partial charge < -0.3 is 15.2 Å². The van der Waals surface area contributed by atoms with Crippen LogP contribution in [0.1, 0.15) is 12.5 Å². The summed E-state index contributed by atoms with van der Waals surface area (Å²) in [5, 5.41) is 5.90. The van der Waals surface area contributed by atoms with Crippen molar-refractivity contribution in [2.75, 3.05) is 18.1 Å². The van der Waals surface area contributed by atoms with Crippen LogP contribution in [0.15, 0.2) is 17.1 Å². The van der Waals surface area contributed by atoms with Gasteiger partial charge in [-0.25, -0.2) is 4.79 Å². The predicted octanol–water partition coefficient (Wildman–Crippen LogP) is 1.57. The third kappa shape index (κ3) is 4.10. The maximum absolute atomic E-state index is 11.7. The largest absolute Gasteiger partial charge is 0.337 e. The standard InChI is InChI=1S/C12H19N3O2S/c1-8-5-11(16)15(3)7-10(8)14-12(17)13-6-9(2)18-4/h5,7,9H,6H2,1-4H3,(H2,13,14,17)/t9-/m1/s1. The maximum Gasteiger partial charge on any atom is 0.319 e. The first-order valence-electron chi connectivity index (χ1n) is 5.69. The van der Waals surface area contributed by atoms with Gasteiger partial charge in [0.05, 0.1) is 5.69 Å². The molecule has 100 valence electrons. The van der Waals surface area contributed by atoms with E-state index in [1.807, 2.05) is 13.2 Å². The molecule has 0 spiro atoms. The molecule has 0 radical (unpaired) electrons. The SMILES string of the molecule is CS[C@H](C)CNC(=O)Nc1cn(C)c(=O)cc1C. The number of hydrogen-bond donors (Lipinski definition) is 2. The van der Waals surface area contributed by atoms with Crippen LogP contribution in [0.3, 0.4) is 0 Å². The Balaban J connectivity index is 2.65. The number of nitrogens with zero attached hydrogens (tertiary/aromatic N) is 1. The van der Waals surface area contributed by atoms with E-state index in [9.17, 15) is 9.59 Å². The number of anilines is 1. The molecule has 2 N–H and O–H groups in total. The van der Waals surface area contributed by atoms with E-state index in [0.717, 1.165) is 5.56 Å². The van der Waals surface area contributed by atoms with Crippen LogP contribution >= 0.6 is 11.8 Å². The van der Waals surface area contributed by atoms with Crippen molar-refractivity contribution in [1.29, 1.82) is 0 Å². The minimum atomic E-state index is -0.252. The normalized spacial score (nSPS) is 12.0. The number of rotatable bonds is 4. The second-order valence-corrected chi connectivity index (χ2v) is 5.48. The highest BCUT2D eigenvalue weighted by atomic mass is 32.2. The predicted molar refractivity (Wildman–Crippen MR) is 76.4 cm³/mol. The minimum Gasteiger partial charge on any atom is -0.337 e. The number of hydrogen-bond acceptors (Lipinski definition) is 3. The number of nitrogens with one attached hydrogen (secondary N) is 2. The lowest BCUT2D eigenvalue weighted by molar-refractivity contribution is 0.252. The molecule has 1 heterocycles. The van der Waals surface area contributed by atoms with E-state index in [4.69, 9.17) is 0 Å². The van der Waals surface area contributed by atoms with E-state index in [1.165, 1.54) is 10.6 Å². The van der Waals surface area contributed by atoms with Crippen LogP contribution in [-0.2, 0) is 7.05 Å². The lowest BCUT2D eigenvalue weighted by atomic mass is 10.2. The summed E-state index contributed by atoms with van der Waals surface area (Å²) in [6.45, 7) is 4.45. The van der Waals surface area contributed by atoms with Crippen LogP contribution in [0, 0.1) is 6.92 Å². The van der Waals surface area contributed by atoms with Gasteiger partial charge >= 0.3 is 6.03 Å². The monoisotopic (exact) mass is 269 g/mol. The van der Waals surface area contributed by atoms with Crippen LogP contribution < -0.4 is 16.2 Å². The third-order valence-electron chi connectivity index (χ3n) is 2.64. The van der Waals surface area contributed by atoms with Gasteiger partial charge in [0, 0.05) is 31.1 Å². The lowest BCUT2D eigenvalue weighted by Gasteiger charge is -2.13. The molecule has 1 rings (SSSR count). The molecule has 1 aromatic heterocycles. The number of pyridine rings is 1. The number of carbonyl (C=O) groups excluding carboxylic acids is 1. The number of urea groups is 1. The second kappa shape index (κ2) is 6.49. The number of aryl methyl sites for hydroxylation is 2. The van der Waals surface area contributed by atoms with Crippen LogP contribution in [0.4, 0.5) is 10.5 Å². The molecule has 5 nitrogen and oxygen atoms in total. The number of thioether (sulfide) groups is 1. The van der Waals surface area contributed by atoms with Gasteiger partial charge in [-0.3, -0.25) is 4.79 Å². The fraction of sp³-hybridized carbons (Fsp3) is 0.500. The molecule has 0 saturated heterocycles. The average Bonchev–Trinajstić information content (AvgIpc) is 2.33. The lowest BCUT2D eigenvalue weighted by Crippen LogP contribution is -2.33. The molecule has 1 atom stereocenters. The molecule has 1 aromatic rings. The molecule has 0 bridgehead atoms. The summed E-state index contributed by atoms with van der Waals surface area (Å²) in [5.74, 6) is 0. The zero-order valence-corrected chi connectivity index (χ0v) is 11.9. The number of aromatic nitrogens is 1. The molecule has 0 aromatic carbocycles. The van der Waals surface area contributed by atoms with Gasteiger partial charge in [0.2, 0.25) is 0 Å². The first-order chi connectivity index (χ1) is 8.43. The van der Waals surface area contributed by atoms with E-state index in [2.05, 4.69) is 10.6 Å². The molecule has 6 heteroatoms. The Morgan fingerprint density at radius 1 is 1.56 bits per heavy atom. The van der Waals surface area contributed by atoms with Gasteiger partial charge in [-0.2, -0.15) is 11.8 Å². The molecule has 2 amide bonds. The summed E-state index contributed by atoms with van der Waals surface area (Å²) in [6.07, 6.45) is 3.62. The number of amides is 2. The molecular weight excluding hydrogens is 250 g/mol. The topological polar surface area (TPSA) is 63.1 Å². The molecule has 18 heavy (non-hydrogen) atoms. The smallest absolute Gasteiger partial charge is 0.319 e. The Hall–Kier alpha value is -1.43. The summed E-state index contributed by atoms with van der Waals surface area (Å²) in [6, 6.07) is 1.25. The molecule has 0 aliphatic carbocycles. The van der Waals surface area contributed by atoms with Crippen molar-refractivity contribution in [1.82, 2.24) is 9.88 Å². The minimum absolute atomic E-state index is 0.0885. The summed E-state index contributed by atoms with van der Waals surface area (Å²) >= 11 is 1.69. The highest BCUT2D eigenvalue weighted by molar-refractivity contribution is 7.99. The first kappa shape index (κ1) is 14.6. The van der Waals surface area contributed by atoms with Gasteiger partial charge in [0.1, 0.15) is 0 Å². The highest BCUT2D eigenvalue weighted by Gasteiger charge is 2.07. The Morgan fingerprint density at radius 2 is 2.22 bits per heavy atom. The maximum atomic E-state index is 11.7. The van der Waals surface area contributed by atoms with Gasteiger partial charge in [-0.15, -0.1) is 0 Å². The van der Waals surface area contributed by atoms with Crippen molar-refractivity contribution in [3.63, 3.8) is 0 Å². The van der Waals surface area contributed by atoms with Crippen molar-refractivity contribution >= 4 is 23.5 Å². The summed E-state index contributed by atoms with van der Waals surface area (Å²) in [5.41, 5.74) is 1.31. The first-order valence-corrected chi connectivity index (χ1v) is 6.97. The molecule has 0 fully saturated rings. The Kier molecular flexibility index (Phi) is 5.27. The van der Waals surface area contributed by atoms with E-state index in [1.54, 1.807) is 31.9 Å². The molecule has 0 aliphatic heterocycles. The van der Waals surface area contributed by atoms with Crippen molar-refractivity contribution in [3.05, 3.63) is 28.2 Å². The zero-order chi connectivity index (χ0) is 13.7. The summed E-state index contributed by atoms with van der Waals surface area (Å²) < 4.78 is 1.44. The van der Waals surface area contributed by atoms with Crippen molar-refractivity contribution in [3.8, 4) is 0 Å². The molecular formula is C12H19N3O2S. The Morgan fingerprint density at radius 3 is 2.83 bits per heavy atom. The van der Waals surface area contributed by atoms with Gasteiger partial charge in [-0.05, 0) is 18.7 Å². The van der Waals surface area contributed by atoms with E-state index in [0.29, 0.717) is 17.5 Å². The Labute approximate surface area is 111 Å². The quantitative estimate of drug-likeness (QED) is 0.872. The van der Waals surface area contributed by atoms with Crippen molar-refractivity contribution < 1.29 is 4.79 Å². The van der Waals surface area contributed by atoms with Crippen LogP contribution in [0.2, 0.25) is 0 Å². The van der Waals surface area contributed by atoms with Crippen LogP contribution in [0.25, 0.3) is 0 Å². The molecule has 0 aliphatic rings. The second-order valence-electron chi connectivity index (χ2n) is 4.20. The third-order valence-corrected chi connectivity index (χ3v) is 3.61. The average molecular weight is 269 g/mol. The Bertz CT molecular complexity index is 485. The summed E-state index contributed by atoms with van der Waals surface area (Å²) in [7, 11) is 1.65. The van der Waals surface area contributed by atoms with E-state index < -0.39 is 0 Å². The van der Waals surface area contributed by atoms with E-state index in [-0.39, 0.29) is 11.6 Å². The van der Waals surface area contributed by atoms with Crippen LogP contribution in [-0.4, -0.2) is 28.6 Å². The van der Waals surface area contributed by atoms with Gasteiger partial charge in [0.15, 0.2) is 0 Å². The van der Waals surface area contributed by atoms with E-state index >= 15 is 0 Å². The summed E-state index contributed by atoms with van der Waals surface area (Å²) in [4.78, 5) is 23.0. The molecule has 0 unspecified atom stereocenters. The van der Waals surface area contributed by atoms with Crippen molar-refractivity contribution in [2.24, 2.45) is 7.05 Å².